The van der Waals surface area contributed by atoms with Gasteiger partial charge in [-0.2, -0.15) is 5.26 Å². The number of nitriles is 1. The third kappa shape index (κ3) is 4.01. The molecule has 2 aromatic rings. The van der Waals surface area contributed by atoms with Crippen LogP contribution in [0.15, 0.2) is 36.4 Å². The highest BCUT2D eigenvalue weighted by molar-refractivity contribution is 5.92. The summed E-state index contributed by atoms with van der Waals surface area (Å²) in [5.41, 5.74) is 2.89. The fraction of sp³-hybridized carbons (Fsp3) is 0.222. The van der Waals surface area contributed by atoms with Crippen molar-refractivity contribution >= 4 is 11.6 Å². The van der Waals surface area contributed by atoms with Gasteiger partial charge >= 0.3 is 0 Å². The molecule has 5 heteroatoms. The van der Waals surface area contributed by atoms with Crippen molar-refractivity contribution in [1.82, 2.24) is 0 Å². The predicted molar refractivity (Wildman–Crippen MR) is 87.8 cm³/mol. The number of aryl methyl sites for hydroxylation is 1. The average molecular weight is 310 g/mol. The maximum Gasteiger partial charge on any atom is 0.228 e. The van der Waals surface area contributed by atoms with Gasteiger partial charge in [-0.05, 0) is 48.9 Å². The molecule has 0 spiro atoms. The number of anilines is 1. The zero-order valence-electron chi connectivity index (χ0n) is 13.3. The van der Waals surface area contributed by atoms with Gasteiger partial charge in [-0.1, -0.05) is 0 Å². The number of rotatable bonds is 5. The van der Waals surface area contributed by atoms with Crippen molar-refractivity contribution in [3.05, 3.63) is 53.1 Å². The van der Waals surface area contributed by atoms with E-state index in [0.717, 1.165) is 11.1 Å². The second kappa shape index (κ2) is 7.32. The fourth-order valence-corrected chi connectivity index (χ4v) is 2.26. The van der Waals surface area contributed by atoms with Gasteiger partial charge in [0.25, 0.3) is 0 Å². The molecule has 0 aliphatic rings. The predicted octanol–water partition coefficient (Wildman–Crippen LogP) is 3.07. The van der Waals surface area contributed by atoms with Crippen LogP contribution in [-0.4, -0.2) is 20.1 Å². The van der Waals surface area contributed by atoms with Crippen molar-refractivity contribution in [1.29, 1.82) is 5.26 Å². The second-order valence-electron chi connectivity index (χ2n) is 5.05. The fourth-order valence-electron chi connectivity index (χ4n) is 2.26. The SMILES string of the molecule is COc1cc(CC(=O)Nc2ccc(C#N)cc2)c(OC)cc1C. The van der Waals surface area contributed by atoms with Crippen LogP contribution in [0.2, 0.25) is 0 Å². The highest BCUT2D eigenvalue weighted by atomic mass is 16.5. The smallest absolute Gasteiger partial charge is 0.228 e. The number of carbonyl (C=O) groups is 1. The Balaban J connectivity index is 2.14. The number of nitrogens with zero attached hydrogens (tertiary/aromatic N) is 1. The van der Waals surface area contributed by atoms with Crippen molar-refractivity contribution in [2.24, 2.45) is 0 Å². The van der Waals surface area contributed by atoms with E-state index in [1.54, 1.807) is 38.5 Å². The van der Waals surface area contributed by atoms with Gasteiger partial charge in [0.05, 0.1) is 32.3 Å². The second-order valence-corrected chi connectivity index (χ2v) is 5.05. The van der Waals surface area contributed by atoms with Crippen LogP contribution in [0.3, 0.4) is 0 Å². The highest BCUT2D eigenvalue weighted by Crippen LogP contribution is 2.28. The van der Waals surface area contributed by atoms with Crippen molar-refractivity contribution in [2.75, 3.05) is 19.5 Å². The Bertz CT molecular complexity index is 746. The molecule has 0 atom stereocenters. The molecule has 0 aromatic heterocycles. The molecule has 0 bridgehead atoms. The maximum atomic E-state index is 12.2. The number of amides is 1. The van der Waals surface area contributed by atoms with Gasteiger partial charge in [0.1, 0.15) is 11.5 Å². The van der Waals surface area contributed by atoms with Crippen molar-refractivity contribution in [3.63, 3.8) is 0 Å². The van der Waals surface area contributed by atoms with E-state index in [9.17, 15) is 4.79 Å². The van der Waals surface area contributed by atoms with E-state index >= 15 is 0 Å². The first-order chi connectivity index (χ1) is 11.1. The molecule has 0 aliphatic carbocycles. The van der Waals surface area contributed by atoms with Crippen LogP contribution in [-0.2, 0) is 11.2 Å². The molecule has 0 saturated carbocycles. The lowest BCUT2D eigenvalue weighted by Gasteiger charge is -2.13. The van der Waals surface area contributed by atoms with Crippen molar-refractivity contribution < 1.29 is 14.3 Å². The summed E-state index contributed by atoms with van der Waals surface area (Å²) in [7, 11) is 3.17. The number of methoxy groups -OCH3 is 2. The molecule has 0 aliphatic heterocycles. The zero-order valence-corrected chi connectivity index (χ0v) is 13.3. The third-order valence-corrected chi connectivity index (χ3v) is 3.45. The minimum Gasteiger partial charge on any atom is -0.496 e. The first-order valence-corrected chi connectivity index (χ1v) is 7.09. The summed E-state index contributed by atoms with van der Waals surface area (Å²) in [6, 6.07) is 12.4. The monoisotopic (exact) mass is 310 g/mol. The molecule has 2 rings (SSSR count). The molecule has 0 radical (unpaired) electrons. The summed E-state index contributed by atoms with van der Waals surface area (Å²) in [5, 5.41) is 11.6. The molecule has 0 heterocycles. The Labute approximate surface area is 135 Å². The summed E-state index contributed by atoms with van der Waals surface area (Å²) in [6.45, 7) is 1.92. The van der Waals surface area contributed by atoms with E-state index in [1.165, 1.54) is 0 Å². The van der Waals surface area contributed by atoms with Gasteiger partial charge in [-0.25, -0.2) is 0 Å². The van der Waals surface area contributed by atoms with E-state index < -0.39 is 0 Å². The lowest BCUT2D eigenvalue weighted by molar-refractivity contribution is -0.115. The molecule has 2 aromatic carbocycles. The topological polar surface area (TPSA) is 71.3 Å². The van der Waals surface area contributed by atoms with Crippen LogP contribution in [0.5, 0.6) is 11.5 Å². The molecule has 1 N–H and O–H groups in total. The number of hydrogen-bond acceptors (Lipinski definition) is 4. The Kier molecular flexibility index (Phi) is 5.21. The molecule has 0 fully saturated rings. The summed E-state index contributed by atoms with van der Waals surface area (Å²) < 4.78 is 10.6. The molecular formula is C18H18N2O3. The van der Waals surface area contributed by atoms with Crippen LogP contribution in [0, 0.1) is 18.3 Å². The number of hydrogen-bond donors (Lipinski definition) is 1. The number of carbonyl (C=O) groups excluding carboxylic acids is 1. The maximum absolute atomic E-state index is 12.2. The van der Waals surface area contributed by atoms with Crippen LogP contribution < -0.4 is 14.8 Å². The van der Waals surface area contributed by atoms with Crippen LogP contribution in [0.1, 0.15) is 16.7 Å². The standard InChI is InChI=1S/C18H18N2O3/c1-12-8-17(23-3)14(9-16(12)22-2)10-18(21)20-15-6-4-13(11-19)5-7-15/h4-9H,10H2,1-3H3,(H,20,21). The minimum absolute atomic E-state index is 0.166. The molecular weight excluding hydrogens is 292 g/mol. The van der Waals surface area contributed by atoms with Crippen LogP contribution in [0.4, 0.5) is 5.69 Å². The van der Waals surface area contributed by atoms with Crippen LogP contribution >= 0.6 is 0 Å². The average Bonchev–Trinajstić information content (AvgIpc) is 2.56. The number of benzene rings is 2. The Morgan fingerprint density at radius 3 is 2.35 bits per heavy atom. The molecule has 0 saturated heterocycles. The van der Waals surface area contributed by atoms with Gasteiger partial charge in [-0.15, -0.1) is 0 Å². The molecule has 118 valence electrons. The van der Waals surface area contributed by atoms with Gasteiger partial charge < -0.3 is 14.8 Å². The van der Waals surface area contributed by atoms with Gasteiger partial charge in [-0.3, -0.25) is 4.79 Å². The highest BCUT2D eigenvalue weighted by Gasteiger charge is 2.12. The van der Waals surface area contributed by atoms with Crippen molar-refractivity contribution in [3.8, 4) is 17.6 Å². The van der Waals surface area contributed by atoms with E-state index in [1.807, 2.05) is 25.1 Å². The molecule has 0 unspecified atom stereocenters. The quantitative estimate of drug-likeness (QED) is 0.921. The molecule has 5 nitrogen and oxygen atoms in total. The van der Waals surface area contributed by atoms with E-state index in [-0.39, 0.29) is 12.3 Å². The first-order valence-electron chi connectivity index (χ1n) is 7.09. The van der Waals surface area contributed by atoms with E-state index in [4.69, 9.17) is 14.7 Å². The minimum atomic E-state index is -0.168. The molecule has 1 amide bonds. The van der Waals surface area contributed by atoms with E-state index in [0.29, 0.717) is 22.7 Å². The number of nitrogens with one attached hydrogen (secondary N) is 1. The Hall–Kier alpha value is -3.00. The first kappa shape index (κ1) is 16.4. The van der Waals surface area contributed by atoms with Gasteiger partial charge in [0.15, 0.2) is 0 Å². The summed E-state index contributed by atoms with van der Waals surface area (Å²) in [5.74, 6) is 1.20. The van der Waals surface area contributed by atoms with E-state index in [2.05, 4.69) is 5.32 Å². The normalized spacial score (nSPS) is 9.83. The lowest BCUT2D eigenvalue weighted by atomic mass is 10.1. The van der Waals surface area contributed by atoms with Gasteiger partial charge in [0, 0.05) is 11.3 Å². The summed E-state index contributed by atoms with van der Waals surface area (Å²) in [6.07, 6.45) is 0.166. The Morgan fingerprint density at radius 2 is 1.78 bits per heavy atom. The molecule has 23 heavy (non-hydrogen) atoms. The van der Waals surface area contributed by atoms with Crippen molar-refractivity contribution in [2.45, 2.75) is 13.3 Å². The third-order valence-electron chi connectivity index (χ3n) is 3.45. The Morgan fingerprint density at radius 1 is 1.13 bits per heavy atom. The lowest BCUT2D eigenvalue weighted by Crippen LogP contribution is -2.15. The summed E-state index contributed by atoms with van der Waals surface area (Å²) in [4.78, 5) is 12.2. The summed E-state index contributed by atoms with van der Waals surface area (Å²) >= 11 is 0. The largest absolute Gasteiger partial charge is 0.496 e. The number of ether oxygens (including phenoxy) is 2. The van der Waals surface area contributed by atoms with Crippen LogP contribution in [0.25, 0.3) is 0 Å². The zero-order chi connectivity index (χ0) is 16.8. The van der Waals surface area contributed by atoms with Gasteiger partial charge in [0.2, 0.25) is 5.91 Å².